The van der Waals surface area contributed by atoms with E-state index in [1.54, 1.807) is 0 Å². The lowest BCUT2D eigenvalue weighted by Crippen LogP contribution is -2.29. The predicted molar refractivity (Wildman–Crippen MR) is 176 cm³/mol. The van der Waals surface area contributed by atoms with Crippen LogP contribution >= 0.6 is 0 Å². The summed E-state index contributed by atoms with van der Waals surface area (Å²) in [6.45, 7) is 0.351. The van der Waals surface area contributed by atoms with Crippen molar-refractivity contribution in [3.63, 3.8) is 0 Å². The van der Waals surface area contributed by atoms with Gasteiger partial charge in [-0.05, 0) is 74.8 Å². The summed E-state index contributed by atoms with van der Waals surface area (Å²) < 4.78 is 12.1. The largest absolute Gasteiger partial charge is 0.491 e. The van der Waals surface area contributed by atoms with Crippen LogP contribution in [0.25, 0.3) is 33.0 Å². The number of ether oxygens (including phenoxy) is 2. The van der Waals surface area contributed by atoms with Crippen molar-refractivity contribution in [3.8, 4) is 33.8 Å². The zero-order valence-electron chi connectivity index (χ0n) is 24.4. The molecule has 0 bridgehead atoms. The molecule has 4 nitrogen and oxygen atoms in total. The van der Waals surface area contributed by atoms with Crippen LogP contribution in [0.15, 0.2) is 133 Å². The Balaban J connectivity index is 1.50. The number of aliphatic hydroxyl groups is 2. The maximum atomic E-state index is 9.54. The molecule has 0 saturated carbocycles. The van der Waals surface area contributed by atoms with E-state index in [0.717, 1.165) is 40.2 Å². The van der Waals surface area contributed by atoms with Gasteiger partial charge in [-0.15, -0.1) is 0 Å². The summed E-state index contributed by atoms with van der Waals surface area (Å²) in [4.78, 5) is 0. The first-order valence-corrected chi connectivity index (χ1v) is 15.1. The smallest absolute Gasteiger partial charge is 0.127 e. The summed E-state index contributed by atoms with van der Waals surface area (Å²) in [5.41, 5.74) is 8.54. The van der Waals surface area contributed by atoms with E-state index in [-0.39, 0.29) is 26.4 Å². The molecule has 0 aliphatic heterocycles. The fourth-order valence-corrected chi connectivity index (χ4v) is 6.82. The van der Waals surface area contributed by atoms with E-state index in [2.05, 4.69) is 97.1 Å². The zero-order chi connectivity index (χ0) is 29.9. The lowest BCUT2D eigenvalue weighted by Gasteiger charge is -2.34. The number of hydrogen-bond acceptors (Lipinski definition) is 4. The van der Waals surface area contributed by atoms with E-state index in [0.29, 0.717) is 0 Å². The molecule has 0 heterocycles. The first-order valence-electron chi connectivity index (χ1n) is 15.1. The van der Waals surface area contributed by atoms with Crippen molar-refractivity contribution in [1.82, 2.24) is 0 Å². The number of benzene rings is 6. The molecule has 4 heteroatoms. The second kappa shape index (κ2) is 12.0. The van der Waals surface area contributed by atoms with Crippen LogP contribution in [0.2, 0.25) is 0 Å². The second-order valence-electron chi connectivity index (χ2n) is 11.2. The molecule has 0 saturated heterocycles. The van der Waals surface area contributed by atoms with Crippen molar-refractivity contribution in [2.45, 2.75) is 11.8 Å². The summed E-state index contributed by atoms with van der Waals surface area (Å²) in [5.74, 6) is 1.49. The Bertz CT molecular complexity index is 1810. The van der Waals surface area contributed by atoms with Crippen LogP contribution in [0.5, 0.6) is 11.5 Å². The third-order valence-electron chi connectivity index (χ3n) is 8.72. The molecule has 0 unspecified atom stereocenters. The molecule has 0 radical (unpaired) electrons. The molecule has 6 aromatic rings. The third-order valence-corrected chi connectivity index (χ3v) is 8.72. The zero-order valence-corrected chi connectivity index (χ0v) is 24.4. The first-order chi connectivity index (χ1) is 21.7. The van der Waals surface area contributed by atoms with Crippen molar-refractivity contribution in [1.29, 1.82) is 0 Å². The predicted octanol–water partition coefficient (Wildman–Crippen LogP) is 7.81. The Morgan fingerprint density at radius 2 is 1.07 bits per heavy atom. The molecule has 0 fully saturated rings. The molecule has 44 heavy (non-hydrogen) atoms. The fraction of sp³-hybridized carbons (Fsp3) is 0.150. The molecule has 2 N–H and O–H groups in total. The van der Waals surface area contributed by atoms with Gasteiger partial charge in [0.05, 0.1) is 13.2 Å². The minimum atomic E-state index is -0.485. The summed E-state index contributed by atoms with van der Waals surface area (Å²) in [6.07, 6.45) is 0.805. The monoisotopic (exact) mass is 578 g/mol. The van der Waals surface area contributed by atoms with Gasteiger partial charge in [-0.3, -0.25) is 0 Å². The summed E-state index contributed by atoms with van der Waals surface area (Å²) >= 11 is 0. The average Bonchev–Trinajstić information content (AvgIpc) is 3.44. The molecule has 0 spiro atoms. The van der Waals surface area contributed by atoms with Crippen LogP contribution in [0.3, 0.4) is 0 Å². The van der Waals surface area contributed by atoms with Gasteiger partial charge in [0.2, 0.25) is 0 Å². The SMILES string of the molecule is OCCOc1ccc(C2(c3ccc(OCCO)c(-c4ccccc4)c3)Cc3cccc4cccc2c34)cc1-c1ccccc1. The van der Waals surface area contributed by atoms with E-state index < -0.39 is 5.41 Å². The van der Waals surface area contributed by atoms with Crippen molar-refractivity contribution in [2.24, 2.45) is 0 Å². The van der Waals surface area contributed by atoms with E-state index in [1.165, 1.54) is 33.0 Å². The third kappa shape index (κ3) is 4.83. The molecule has 1 aliphatic carbocycles. The first kappa shape index (κ1) is 27.9. The minimum absolute atomic E-state index is 0.0514. The quantitative estimate of drug-likeness (QED) is 0.174. The van der Waals surface area contributed by atoms with Gasteiger partial charge in [-0.1, -0.05) is 109 Å². The number of rotatable bonds is 10. The highest BCUT2D eigenvalue weighted by Crippen LogP contribution is 2.53. The fourth-order valence-electron chi connectivity index (χ4n) is 6.82. The Morgan fingerprint density at radius 3 is 1.59 bits per heavy atom. The van der Waals surface area contributed by atoms with Crippen LogP contribution < -0.4 is 9.47 Å². The van der Waals surface area contributed by atoms with Crippen LogP contribution in [0.1, 0.15) is 22.3 Å². The van der Waals surface area contributed by atoms with Gasteiger partial charge in [0.25, 0.3) is 0 Å². The van der Waals surface area contributed by atoms with Gasteiger partial charge >= 0.3 is 0 Å². The van der Waals surface area contributed by atoms with E-state index >= 15 is 0 Å². The van der Waals surface area contributed by atoms with E-state index in [9.17, 15) is 10.2 Å². The molecule has 7 rings (SSSR count). The topological polar surface area (TPSA) is 58.9 Å². The van der Waals surface area contributed by atoms with Crippen molar-refractivity contribution in [2.75, 3.05) is 26.4 Å². The van der Waals surface area contributed by atoms with Gasteiger partial charge in [0.15, 0.2) is 0 Å². The van der Waals surface area contributed by atoms with Crippen molar-refractivity contribution in [3.05, 3.63) is 156 Å². The Kier molecular flexibility index (Phi) is 7.61. The standard InChI is InChI=1S/C40H34O4/c41-21-23-43-37-19-17-32(25-34(37)28-9-3-1-4-10-28)40(27-31-15-7-13-30-14-8-16-36(40)39(30)31)33-18-20-38(44-24-22-42)35(26-33)29-11-5-2-6-12-29/h1-20,25-26,41-42H,21-24,27H2. The van der Waals surface area contributed by atoms with Gasteiger partial charge in [-0.2, -0.15) is 0 Å². The van der Waals surface area contributed by atoms with Crippen molar-refractivity contribution >= 4 is 10.8 Å². The molecular formula is C40H34O4. The Hall–Kier alpha value is -4.90. The second-order valence-corrected chi connectivity index (χ2v) is 11.2. The van der Waals surface area contributed by atoms with Crippen LogP contribution in [-0.4, -0.2) is 36.6 Å². The molecule has 218 valence electrons. The summed E-state index contributed by atoms with van der Waals surface area (Å²) in [5, 5.41) is 21.6. The molecule has 6 aromatic carbocycles. The number of hydrogen-bond donors (Lipinski definition) is 2. The van der Waals surface area contributed by atoms with Crippen LogP contribution in [-0.2, 0) is 11.8 Å². The van der Waals surface area contributed by atoms with Crippen LogP contribution in [0.4, 0.5) is 0 Å². The molecule has 0 amide bonds. The van der Waals surface area contributed by atoms with Gasteiger partial charge in [0, 0.05) is 16.5 Å². The Labute approximate surface area is 257 Å². The number of aliphatic hydroxyl groups excluding tert-OH is 2. The van der Waals surface area contributed by atoms with E-state index in [1.807, 2.05) is 36.4 Å². The van der Waals surface area contributed by atoms with Gasteiger partial charge < -0.3 is 19.7 Å². The lowest BCUT2D eigenvalue weighted by atomic mass is 9.68. The molecular weight excluding hydrogens is 544 g/mol. The highest BCUT2D eigenvalue weighted by Gasteiger charge is 2.43. The van der Waals surface area contributed by atoms with Gasteiger partial charge in [-0.25, -0.2) is 0 Å². The lowest BCUT2D eigenvalue weighted by molar-refractivity contribution is 0.202. The highest BCUT2D eigenvalue weighted by molar-refractivity contribution is 5.94. The normalized spacial score (nSPS) is 13.2. The maximum absolute atomic E-state index is 9.54. The minimum Gasteiger partial charge on any atom is -0.491 e. The van der Waals surface area contributed by atoms with Crippen LogP contribution in [0, 0.1) is 0 Å². The van der Waals surface area contributed by atoms with Crippen molar-refractivity contribution < 1.29 is 19.7 Å². The Morgan fingerprint density at radius 1 is 0.545 bits per heavy atom. The molecule has 0 aromatic heterocycles. The summed E-state index contributed by atoms with van der Waals surface area (Å²) in [7, 11) is 0. The highest BCUT2D eigenvalue weighted by atomic mass is 16.5. The average molecular weight is 579 g/mol. The molecule has 0 atom stereocenters. The maximum Gasteiger partial charge on any atom is 0.127 e. The molecule has 1 aliphatic rings. The van der Waals surface area contributed by atoms with E-state index in [4.69, 9.17) is 9.47 Å². The summed E-state index contributed by atoms with van der Waals surface area (Å²) in [6, 6.07) is 46.8. The van der Waals surface area contributed by atoms with Gasteiger partial charge in [0.1, 0.15) is 24.7 Å².